The van der Waals surface area contributed by atoms with Crippen molar-refractivity contribution in [2.45, 2.75) is 4.90 Å². The smallest absolute Gasteiger partial charge is 0.203 e. The average molecular weight is 288 g/mol. The first-order valence-corrected chi connectivity index (χ1v) is 6.59. The van der Waals surface area contributed by atoms with Crippen LogP contribution in [0.3, 0.4) is 0 Å². The van der Waals surface area contributed by atoms with Crippen molar-refractivity contribution in [1.82, 2.24) is 4.98 Å². The van der Waals surface area contributed by atoms with E-state index in [4.69, 9.17) is 11.6 Å². The van der Waals surface area contributed by atoms with Crippen LogP contribution < -0.4 is 5.43 Å². The van der Waals surface area contributed by atoms with Crippen LogP contribution in [0.25, 0.3) is 22.2 Å². The topological polar surface area (TPSA) is 32.9 Å². The standard InChI is InChI=1S/C15H10ClNOS/c16-10-7-5-9(6-8-10)13-15(19)14(18)11-3-1-2-4-12(11)17-13/h1-8,19H,(H,17,18). The Morgan fingerprint density at radius 1 is 1.00 bits per heavy atom. The van der Waals surface area contributed by atoms with Crippen molar-refractivity contribution in [3.8, 4) is 11.3 Å². The second-order valence-electron chi connectivity index (χ2n) is 4.23. The van der Waals surface area contributed by atoms with Gasteiger partial charge >= 0.3 is 0 Å². The van der Waals surface area contributed by atoms with Crippen molar-refractivity contribution in [1.29, 1.82) is 0 Å². The maximum Gasteiger partial charge on any atom is 0.203 e. The van der Waals surface area contributed by atoms with Gasteiger partial charge in [0.05, 0.1) is 10.6 Å². The Kier molecular flexibility index (Phi) is 3.09. The van der Waals surface area contributed by atoms with Gasteiger partial charge in [-0.25, -0.2) is 0 Å². The van der Waals surface area contributed by atoms with Gasteiger partial charge < -0.3 is 4.98 Å². The van der Waals surface area contributed by atoms with Crippen LogP contribution >= 0.6 is 24.2 Å². The van der Waals surface area contributed by atoms with E-state index >= 15 is 0 Å². The normalized spacial score (nSPS) is 10.8. The van der Waals surface area contributed by atoms with Crippen LogP contribution in [0.2, 0.25) is 5.02 Å². The van der Waals surface area contributed by atoms with Crippen molar-refractivity contribution in [2.75, 3.05) is 0 Å². The molecular weight excluding hydrogens is 278 g/mol. The van der Waals surface area contributed by atoms with E-state index in [-0.39, 0.29) is 5.43 Å². The molecule has 0 unspecified atom stereocenters. The summed E-state index contributed by atoms with van der Waals surface area (Å²) < 4.78 is 0. The quantitative estimate of drug-likeness (QED) is 0.648. The van der Waals surface area contributed by atoms with Crippen LogP contribution in [-0.2, 0) is 0 Å². The highest BCUT2D eigenvalue weighted by atomic mass is 35.5. The Bertz CT molecular complexity index is 808. The highest BCUT2D eigenvalue weighted by Crippen LogP contribution is 2.25. The zero-order valence-electron chi connectivity index (χ0n) is 9.85. The summed E-state index contributed by atoms with van der Waals surface area (Å²) in [5.41, 5.74) is 2.33. The number of para-hydroxylation sites is 1. The molecule has 0 bridgehead atoms. The van der Waals surface area contributed by atoms with Gasteiger partial charge in [0.1, 0.15) is 0 Å². The first-order valence-electron chi connectivity index (χ1n) is 5.77. The monoisotopic (exact) mass is 287 g/mol. The molecule has 2 aromatic carbocycles. The maximum atomic E-state index is 12.3. The first kappa shape index (κ1) is 12.3. The van der Waals surface area contributed by atoms with Crippen molar-refractivity contribution < 1.29 is 0 Å². The molecule has 0 amide bonds. The van der Waals surface area contributed by atoms with Crippen molar-refractivity contribution in [3.05, 3.63) is 63.8 Å². The summed E-state index contributed by atoms with van der Waals surface area (Å²) in [6.07, 6.45) is 0. The Hall–Kier alpha value is -1.71. The lowest BCUT2D eigenvalue weighted by Gasteiger charge is -2.08. The third-order valence-electron chi connectivity index (χ3n) is 3.02. The van der Waals surface area contributed by atoms with E-state index < -0.39 is 0 Å². The average Bonchev–Trinajstić information content (AvgIpc) is 2.44. The summed E-state index contributed by atoms with van der Waals surface area (Å²) in [6, 6.07) is 14.7. The van der Waals surface area contributed by atoms with E-state index in [1.807, 2.05) is 30.3 Å². The van der Waals surface area contributed by atoms with Crippen molar-refractivity contribution >= 4 is 35.1 Å². The lowest BCUT2D eigenvalue weighted by molar-refractivity contribution is 1.27. The molecule has 0 aliphatic rings. The minimum atomic E-state index is -0.0670. The molecule has 19 heavy (non-hydrogen) atoms. The fourth-order valence-corrected chi connectivity index (χ4v) is 2.48. The fourth-order valence-electron chi connectivity index (χ4n) is 2.05. The molecule has 3 aromatic rings. The molecule has 94 valence electrons. The molecule has 1 N–H and O–H groups in total. The van der Waals surface area contributed by atoms with Gasteiger partial charge in [0.15, 0.2) is 0 Å². The number of rotatable bonds is 1. The van der Waals surface area contributed by atoms with E-state index in [1.54, 1.807) is 18.2 Å². The van der Waals surface area contributed by atoms with Crippen LogP contribution in [0.15, 0.2) is 58.2 Å². The molecule has 0 fully saturated rings. The summed E-state index contributed by atoms with van der Waals surface area (Å²) in [5.74, 6) is 0. The number of aromatic nitrogens is 1. The minimum Gasteiger partial charge on any atom is -0.353 e. The van der Waals surface area contributed by atoms with Gasteiger partial charge in [-0.05, 0) is 29.8 Å². The Labute approximate surface area is 120 Å². The molecule has 0 atom stereocenters. The third-order valence-corrected chi connectivity index (χ3v) is 3.69. The predicted molar refractivity (Wildman–Crippen MR) is 82.3 cm³/mol. The first-order chi connectivity index (χ1) is 9.16. The summed E-state index contributed by atoms with van der Waals surface area (Å²) in [5, 5.41) is 1.30. The number of hydrogen-bond donors (Lipinski definition) is 2. The van der Waals surface area contributed by atoms with Crippen LogP contribution in [0, 0.1) is 0 Å². The van der Waals surface area contributed by atoms with Crippen molar-refractivity contribution in [3.63, 3.8) is 0 Å². The van der Waals surface area contributed by atoms with E-state index in [0.717, 1.165) is 11.1 Å². The van der Waals surface area contributed by atoms with Crippen LogP contribution in [0.5, 0.6) is 0 Å². The van der Waals surface area contributed by atoms with E-state index in [1.165, 1.54) is 0 Å². The molecule has 0 aliphatic carbocycles. The van der Waals surface area contributed by atoms with E-state index in [0.29, 0.717) is 21.0 Å². The number of benzene rings is 2. The lowest BCUT2D eigenvalue weighted by Crippen LogP contribution is -2.06. The number of pyridine rings is 1. The van der Waals surface area contributed by atoms with Gasteiger partial charge in [-0.1, -0.05) is 35.9 Å². The molecule has 1 aromatic heterocycles. The third kappa shape index (κ3) is 2.15. The molecule has 0 aliphatic heterocycles. The lowest BCUT2D eigenvalue weighted by atomic mass is 10.1. The van der Waals surface area contributed by atoms with Crippen LogP contribution in [0.4, 0.5) is 0 Å². The molecule has 0 saturated carbocycles. The second-order valence-corrected chi connectivity index (χ2v) is 5.11. The number of nitrogens with one attached hydrogen (secondary N) is 1. The van der Waals surface area contributed by atoms with Crippen LogP contribution in [-0.4, -0.2) is 4.98 Å². The Morgan fingerprint density at radius 3 is 2.42 bits per heavy atom. The van der Waals surface area contributed by atoms with Gasteiger partial charge in [-0.3, -0.25) is 4.79 Å². The molecule has 1 heterocycles. The van der Waals surface area contributed by atoms with Gasteiger partial charge in [0.25, 0.3) is 0 Å². The summed E-state index contributed by atoms with van der Waals surface area (Å²) in [7, 11) is 0. The van der Waals surface area contributed by atoms with Gasteiger partial charge in [0, 0.05) is 15.9 Å². The predicted octanol–water partition coefficient (Wildman–Crippen LogP) is 4.14. The van der Waals surface area contributed by atoms with Crippen LogP contribution in [0.1, 0.15) is 0 Å². The number of aromatic amines is 1. The Morgan fingerprint density at radius 2 is 1.68 bits per heavy atom. The fraction of sp³-hybridized carbons (Fsp3) is 0. The maximum absolute atomic E-state index is 12.3. The number of halogens is 1. The molecule has 0 spiro atoms. The number of hydrogen-bond acceptors (Lipinski definition) is 2. The van der Waals surface area contributed by atoms with Gasteiger partial charge in [0.2, 0.25) is 5.43 Å². The minimum absolute atomic E-state index is 0.0670. The molecule has 0 radical (unpaired) electrons. The second kappa shape index (κ2) is 4.76. The molecule has 4 heteroatoms. The molecule has 2 nitrogen and oxygen atoms in total. The molecule has 3 rings (SSSR count). The van der Waals surface area contributed by atoms with Gasteiger partial charge in [-0.15, -0.1) is 12.6 Å². The zero-order valence-corrected chi connectivity index (χ0v) is 11.5. The van der Waals surface area contributed by atoms with Gasteiger partial charge in [-0.2, -0.15) is 0 Å². The SMILES string of the molecule is O=c1c(S)c(-c2ccc(Cl)cc2)[nH]c2ccccc12. The summed E-state index contributed by atoms with van der Waals surface area (Å²) in [4.78, 5) is 15.9. The Balaban J connectivity index is 2.33. The number of H-pyrrole nitrogens is 1. The largest absolute Gasteiger partial charge is 0.353 e. The number of thiol groups is 1. The van der Waals surface area contributed by atoms with Crippen molar-refractivity contribution in [2.24, 2.45) is 0 Å². The molecule has 0 saturated heterocycles. The highest BCUT2D eigenvalue weighted by molar-refractivity contribution is 7.80. The van der Waals surface area contributed by atoms with E-state index in [9.17, 15) is 4.79 Å². The summed E-state index contributed by atoms with van der Waals surface area (Å²) in [6.45, 7) is 0. The highest BCUT2D eigenvalue weighted by Gasteiger charge is 2.10. The van der Waals surface area contributed by atoms with E-state index in [2.05, 4.69) is 17.6 Å². The summed E-state index contributed by atoms with van der Waals surface area (Å²) >= 11 is 10.2. The zero-order chi connectivity index (χ0) is 13.4. The molecular formula is C15H10ClNOS. The number of fused-ring (bicyclic) bond motifs is 1.